The van der Waals surface area contributed by atoms with Gasteiger partial charge in [-0.05, 0) is 44.2 Å². The number of carbonyl (C=O) groups excluding carboxylic acids is 1. The molecule has 2 unspecified atom stereocenters. The Morgan fingerprint density at radius 2 is 1.96 bits per heavy atom. The van der Waals surface area contributed by atoms with Gasteiger partial charge in [-0.2, -0.15) is 4.72 Å². The molecule has 1 amide bonds. The minimum Gasteiger partial charge on any atom is -0.340 e. The third kappa shape index (κ3) is 5.52. The summed E-state index contributed by atoms with van der Waals surface area (Å²) < 4.78 is 28.0. The molecule has 7 heteroatoms. The van der Waals surface area contributed by atoms with E-state index in [-0.39, 0.29) is 22.8 Å². The van der Waals surface area contributed by atoms with Gasteiger partial charge in [0.1, 0.15) is 6.04 Å². The lowest BCUT2D eigenvalue weighted by molar-refractivity contribution is -0.134. The van der Waals surface area contributed by atoms with Crippen LogP contribution in [-0.4, -0.2) is 44.4 Å². The van der Waals surface area contributed by atoms with E-state index in [0.29, 0.717) is 19.5 Å². The maximum atomic E-state index is 12.9. The van der Waals surface area contributed by atoms with E-state index in [1.54, 1.807) is 29.2 Å². The molecule has 0 saturated carbocycles. The number of nitrogens with zero attached hydrogens (tertiary/aromatic N) is 1. The lowest BCUT2D eigenvalue weighted by Gasteiger charge is -2.34. The molecule has 2 atom stereocenters. The van der Waals surface area contributed by atoms with Gasteiger partial charge in [0.15, 0.2) is 0 Å². The number of hydrogen-bond donors (Lipinski definition) is 2. The number of likely N-dealkylation sites (tertiary alicyclic amines) is 1. The monoisotopic (exact) mass is 367 g/mol. The largest absolute Gasteiger partial charge is 0.340 e. The van der Waals surface area contributed by atoms with Gasteiger partial charge in [0.05, 0.1) is 4.90 Å². The summed E-state index contributed by atoms with van der Waals surface area (Å²) in [7, 11) is -3.75. The molecule has 6 nitrogen and oxygen atoms in total. The van der Waals surface area contributed by atoms with Gasteiger partial charge in [-0.1, -0.05) is 31.5 Å². The molecule has 140 valence electrons. The molecule has 0 aromatic heterocycles. The minimum absolute atomic E-state index is 0.0360. The highest BCUT2D eigenvalue weighted by Crippen LogP contribution is 2.17. The smallest absolute Gasteiger partial charge is 0.241 e. The van der Waals surface area contributed by atoms with Crippen molar-refractivity contribution in [2.24, 2.45) is 11.7 Å². The number of piperidine rings is 1. The fraction of sp³-hybridized carbons (Fsp3) is 0.611. The van der Waals surface area contributed by atoms with Crippen LogP contribution in [0.15, 0.2) is 29.2 Å². The van der Waals surface area contributed by atoms with Crippen LogP contribution in [-0.2, 0) is 14.8 Å². The van der Waals surface area contributed by atoms with Gasteiger partial charge in [-0.25, -0.2) is 8.42 Å². The molecule has 0 bridgehead atoms. The highest BCUT2D eigenvalue weighted by molar-refractivity contribution is 7.89. The molecule has 1 saturated heterocycles. The van der Waals surface area contributed by atoms with E-state index in [1.807, 2.05) is 20.8 Å². The molecule has 25 heavy (non-hydrogen) atoms. The zero-order valence-electron chi connectivity index (χ0n) is 15.2. The first-order valence-electron chi connectivity index (χ1n) is 8.82. The van der Waals surface area contributed by atoms with Crippen LogP contribution in [0.1, 0.15) is 38.7 Å². The Morgan fingerprint density at radius 1 is 1.32 bits per heavy atom. The van der Waals surface area contributed by atoms with Gasteiger partial charge < -0.3 is 10.6 Å². The molecular formula is C18H29N3O3S. The quantitative estimate of drug-likeness (QED) is 0.799. The van der Waals surface area contributed by atoms with Crippen LogP contribution in [0.25, 0.3) is 0 Å². The molecule has 1 aliphatic rings. The zero-order valence-corrected chi connectivity index (χ0v) is 16.1. The van der Waals surface area contributed by atoms with Crippen molar-refractivity contribution < 1.29 is 13.2 Å². The summed E-state index contributed by atoms with van der Waals surface area (Å²) in [4.78, 5) is 14.8. The number of hydrogen-bond acceptors (Lipinski definition) is 4. The fourth-order valence-corrected chi connectivity index (χ4v) is 4.28. The van der Waals surface area contributed by atoms with Crippen molar-refractivity contribution >= 4 is 15.9 Å². The van der Waals surface area contributed by atoms with Crippen LogP contribution in [0.4, 0.5) is 0 Å². The standard InChI is InChI=1S/C18H29N3O3S/c1-13(2)11-17(18(22)21-10-4-5-15(19)12-21)20-25(23,24)16-8-6-14(3)7-9-16/h6-9,13,15,17,20H,4-5,10-12,19H2,1-3H3. The molecule has 0 spiro atoms. The Hall–Kier alpha value is -1.44. The van der Waals surface area contributed by atoms with E-state index in [2.05, 4.69) is 4.72 Å². The van der Waals surface area contributed by atoms with Gasteiger partial charge >= 0.3 is 0 Å². The number of sulfonamides is 1. The second-order valence-corrected chi connectivity index (χ2v) is 9.02. The normalized spacial score (nSPS) is 19.9. The molecule has 1 fully saturated rings. The topological polar surface area (TPSA) is 92.5 Å². The predicted octanol–water partition coefficient (Wildman–Crippen LogP) is 1.64. The second kappa shape index (κ2) is 8.29. The average molecular weight is 368 g/mol. The van der Waals surface area contributed by atoms with Gasteiger partial charge in [0.25, 0.3) is 0 Å². The molecule has 3 N–H and O–H groups in total. The van der Waals surface area contributed by atoms with Crippen LogP contribution in [0.3, 0.4) is 0 Å². The van der Waals surface area contributed by atoms with E-state index in [4.69, 9.17) is 5.73 Å². The summed E-state index contributed by atoms with van der Waals surface area (Å²) in [5.74, 6) is 0.00710. The molecule has 1 aromatic rings. The molecule has 1 aliphatic heterocycles. The fourth-order valence-electron chi connectivity index (χ4n) is 3.07. The van der Waals surface area contributed by atoms with E-state index in [0.717, 1.165) is 18.4 Å². The number of nitrogens with two attached hydrogens (primary N) is 1. The van der Waals surface area contributed by atoms with Gasteiger partial charge in [-0.3, -0.25) is 4.79 Å². The highest BCUT2D eigenvalue weighted by atomic mass is 32.2. The molecule has 1 aromatic carbocycles. The summed E-state index contributed by atoms with van der Waals surface area (Å²) >= 11 is 0. The number of aryl methyl sites for hydroxylation is 1. The Morgan fingerprint density at radius 3 is 2.52 bits per heavy atom. The molecule has 0 aliphatic carbocycles. The van der Waals surface area contributed by atoms with Crippen LogP contribution < -0.4 is 10.5 Å². The average Bonchev–Trinajstić information content (AvgIpc) is 2.53. The lowest BCUT2D eigenvalue weighted by Crippen LogP contribution is -2.53. The van der Waals surface area contributed by atoms with E-state index >= 15 is 0 Å². The van der Waals surface area contributed by atoms with Crippen LogP contribution >= 0.6 is 0 Å². The van der Waals surface area contributed by atoms with E-state index in [1.165, 1.54) is 0 Å². The van der Waals surface area contributed by atoms with E-state index in [9.17, 15) is 13.2 Å². The third-order valence-corrected chi connectivity index (χ3v) is 5.89. The summed E-state index contributed by atoms with van der Waals surface area (Å²) in [5.41, 5.74) is 6.95. The highest BCUT2D eigenvalue weighted by Gasteiger charge is 2.31. The van der Waals surface area contributed by atoms with Crippen molar-refractivity contribution in [3.63, 3.8) is 0 Å². The second-order valence-electron chi connectivity index (χ2n) is 7.30. The van der Waals surface area contributed by atoms with Gasteiger partial charge in [0.2, 0.25) is 15.9 Å². The van der Waals surface area contributed by atoms with Crippen molar-refractivity contribution in [1.82, 2.24) is 9.62 Å². The third-order valence-electron chi connectivity index (χ3n) is 4.40. The maximum Gasteiger partial charge on any atom is 0.241 e. The molecule has 1 heterocycles. The Bertz CT molecular complexity index is 686. The SMILES string of the molecule is Cc1ccc(S(=O)(=O)NC(CC(C)C)C(=O)N2CCCC(N)C2)cc1. The predicted molar refractivity (Wildman–Crippen MR) is 98.5 cm³/mol. The summed E-state index contributed by atoms with van der Waals surface area (Å²) in [6.07, 6.45) is 2.20. The first kappa shape index (κ1) is 19.9. The van der Waals surface area contributed by atoms with Crippen LogP contribution in [0.2, 0.25) is 0 Å². The lowest BCUT2D eigenvalue weighted by atomic mass is 10.0. The molecule has 0 radical (unpaired) electrons. The number of rotatable bonds is 6. The van der Waals surface area contributed by atoms with Crippen LogP contribution in [0, 0.1) is 12.8 Å². The van der Waals surface area contributed by atoms with Gasteiger partial charge in [0, 0.05) is 19.1 Å². The first-order valence-corrected chi connectivity index (χ1v) is 10.3. The maximum absolute atomic E-state index is 12.9. The van der Waals surface area contributed by atoms with Crippen molar-refractivity contribution in [3.05, 3.63) is 29.8 Å². The first-order chi connectivity index (χ1) is 11.7. The van der Waals surface area contributed by atoms with Crippen molar-refractivity contribution in [2.45, 2.75) is 57.0 Å². The summed E-state index contributed by atoms with van der Waals surface area (Å²) in [5, 5.41) is 0. The van der Waals surface area contributed by atoms with Crippen LogP contribution in [0.5, 0.6) is 0 Å². The summed E-state index contributed by atoms with van der Waals surface area (Å²) in [6, 6.07) is 5.81. The number of benzene rings is 1. The zero-order chi connectivity index (χ0) is 18.6. The van der Waals surface area contributed by atoms with Crippen molar-refractivity contribution in [1.29, 1.82) is 0 Å². The Kier molecular flexibility index (Phi) is 6.59. The van der Waals surface area contributed by atoms with Crippen molar-refractivity contribution in [3.8, 4) is 0 Å². The number of amides is 1. The number of carbonyl (C=O) groups is 1. The Labute approximate surface area is 150 Å². The molecule has 2 rings (SSSR count). The number of nitrogens with one attached hydrogen (secondary N) is 1. The van der Waals surface area contributed by atoms with E-state index < -0.39 is 16.1 Å². The minimum atomic E-state index is -3.75. The van der Waals surface area contributed by atoms with Gasteiger partial charge in [-0.15, -0.1) is 0 Å². The summed E-state index contributed by atoms with van der Waals surface area (Å²) in [6.45, 7) is 6.96. The Balaban J connectivity index is 2.19. The molecular weight excluding hydrogens is 338 g/mol. The van der Waals surface area contributed by atoms with Crippen molar-refractivity contribution in [2.75, 3.05) is 13.1 Å².